The average Bonchev–Trinajstić information content (AvgIpc) is 2.49. The molecule has 0 radical (unpaired) electrons. The van der Waals surface area contributed by atoms with Crippen LogP contribution < -0.4 is 5.32 Å². The Hall–Kier alpha value is -1.61. The van der Waals surface area contributed by atoms with Crippen molar-refractivity contribution in [3.8, 4) is 6.07 Å². The summed E-state index contributed by atoms with van der Waals surface area (Å²) in [5.74, 6) is 0.0268. The van der Waals surface area contributed by atoms with Crippen LogP contribution in [0.3, 0.4) is 0 Å². The van der Waals surface area contributed by atoms with E-state index in [1.54, 1.807) is 18.2 Å². The number of hydrogen-bond donors (Lipinski definition) is 2. The average molecular weight is 336 g/mol. The lowest BCUT2D eigenvalue weighted by Gasteiger charge is -2.30. The van der Waals surface area contributed by atoms with Crippen LogP contribution >= 0.6 is 11.6 Å². The zero-order chi connectivity index (χ0) is 16.8. The van der Waals surface area contributed by atoms with Gasteiger partial charge in [-0.05, 0) is 44.0 Å². The third-order valence-corrected chi connectivity index (χ3v) is 4.44. The number of benzene rings is 1. The quantitative estimate of drug-likeness (QED) is 0.867. The number of nitrogens with one attached hydrogen (secondary N) is 1. The number of aliphatic hydroxyl groups is 1. The van der Waals surface area contributed by atoms with Gasteiger partial charge in [0, 0.05) is 11.6 Å². The van der Waals surface area contributed by atoms with E-state index in [9.17, 15) is 9.90 Å². The smallest absolute Gasteiger partial charge is 0.238 e. The molecule has 1 aliphatic carbocycles. The third-order valence-electron chi connectivity index (χ3n) is 4.20. The minimum Gasteiger partial charge on any atom is -0.393 e. The number of aliphatic hydroxyl groups excluding tert-OH is 1. The molecule has 1 aromatic carbocycles. The van der Waals surface area contributed by atoms with Gasteiger partial charge >= 0.3 is 0 Å². The molecular weight excluding hydrogens is 314 g/mol. The van der Waals surface area contributed by atoms with Crippen LogP contribution in [0, 0.1) is 17.2 Å². The number of rotatable bonds is 5. The summed E-state index contributed by atoms with van der Waals surface area (Å²) in [6.45, 7) is 0.899. The summed E-state index contributed by atoms with van der Waals surface area (Å²) in [5, 5.41) is 22.3. The number of nitrogens with zero attached hydrogens (tertiary/aromatic N) is 2. The maximum atomic E-state index is 12.2. The van der Waals surface area contributed by atoms with E-state index in [0.29, 0.717) is 22.8 Å². The highest BCUT2D eigenvalue weighted by molar-refractivity contribution is 6.31. The molecule has 0 heterocycles. The fraction of sp³-hybridized carbons (Fsp3) is 0.529. The molecule has 2 rings (SSSR count). The number of carbonyl (C=O) groups excluding carboxylic acids is 1. The molecule has 0 saturated heterocycles. The van der Waals surface area contributed by atoms with E-state index in [-0.39, 0.29) is 24.5 Å². The lowest BCUT2D eigenvalue weighted by molar-refractivity contribution is -0.117. The Morgan fingerprint density at radius 2 is 2.22 bits per heavy atom. The van der Waals surface area contributed by atoms with Crippen LogP contribution in [0.15, 0.2) is 18.2 Å². The minimum absolute atomic E-state index is 0.198. The first kappa shape index (κ1) is 17.7. The maximum Gasteiger partial charge on any atom is 0.238 e. The zero-order valence-electron chi connectivity index (χ0n) is 13.3. The van der Waals surface area contributed by atoms with Gasteiger partial charge in [-0.3, -0.25) is 9.69 Å². The molecule has 1 amide bonds. The molecule has 1 aromatic rings. The van der Waals surface area contributed by atoms with Gasteiger partial charge in [0.05, 0.1) is 23.9 Å². The molecule has 0 aromatic heterocycles. The maximum absolute atomic E-state index is 12.2. The number of hydrogen-bond acceptors (Lipinski definition) is 4. The van der Waals surface area contributed by atoms with Crippen LogP contribution in [0.25, 0.3) is 0 Å². The standard InChI is InChI=1S/C17H22ClN3O2/c1-21(10-13-4-2-3-5-16(13)22)11-17(23)20-15-8-14(18)7-6-12(15)9-19/h6-8,13,16,22H,2-5,10-11H2,1H3,(H,20,23). The molecule has 2 N–H and O–H groups in total. The second-order valence-corrected chi connectivity index (χ2v) is 6.59. The van der Waals surface area contributed by atoms with Crippen molar-refractivity contribution in [2.75, 3.05) is 25.5 Å². The lowest BCUT2D eigenvalue weighted by atomic mass is 9.86. The minimum atomic E-state index is -0.271. The van der Waals surface area contributed by atoms with Gasteiger partial charge in [-0.1, -0.05) is 24.4 Å². The van der Waals surface area contributed by atoms with Crippen LogP contribution in [-0.4, -0.2) is 42.2 Å². The van der Waals surface area contributed by atoms with Crippen LogP contribution in [0.4, 0.5) is 5.69 Å². The summed E-state index contributed by atoms with van der Waals surface area (Å²) in [6, 6.07) is 6.81. The Labute approximate surface area is 141 Å². The molecule has 0 spiro atoms. The van der Waals surface area contributed by atoms with Gasteiger partial charge in [0.2, 0.25) is 5.91 Å². The molecule has 1 fully saturated rings. The molecule has 1 aliphatic rings. The Bertz CT molecular complexity index is 600. The Kier molecular flexibility index (Phi) is 6.40. The molecule has 5 nitrogen and oxygen atoms in total. The van der Waals surface area contributed by atoms with Crippen molar-refractivity contribution in [1.29, 1.82) is 5.26 Å². The summed E-state index contributed by atoms with van der Waals surface area (Å²) in [5.41, 5.74) is 0.809. The van der Waals surface area contributed by atoms with Gasteiger partial charge in [-0.2, -0.15) is 5.26 Å². The zero-order valence-corrected chi connectivity index (χ0v) is 14.0. The first-order valence-electron chi connectivity index (χ1n) is 7.85. The Morgan fingerprint density at radius 3 is 2.91 bits per heavy atom. The topological polar surface area (TPSA) is 76.4 Å². The molecule has 2 unspecified atom stereocenters. The molecular formula is C17H22ClN3O2. The molecule has 0 bridgehead atoms. The summed E-state index contributed by atoms with van der Waals surface area (Å²) in [4.78, 5) is 14.1. The Morgan fingerprint density at radius 1 is 1.48 bits per heavy atom. The van der Waals surface area contributed by atoms with Gasteiger partial charge in [-0.25, -0.2) is 0 Å². The van der Waals surface area contributed by atoms with E-state index in [2.05, 4.69) is 5.32 Å². The molecule has 0 aliphatic heterocycles. The van der Waals surface area contributed by atoms with Crippen molar-refractivity contribution < 1.29 is 9.90 Å². The summed E-state index contributed by atoms with van der Waals surface area (Å²) < 4.78 is 0. The lowest BCUT2D eigenvalue weighted by Crippen LogP contribution is -2.38. The van der Waals surface area contributed by atoms with E-state index in [4.69, 9.17) is 16.9 Å². The van der Waals surface area contributed by atoms with Crippen molar-refractivity contribution in [3.05, 3.63) is 28.8 Å². The first-order valence-corrected chi connectivity index (χ1v) is 8.23. The van der Waals surface area contributed by atoms with E-state index in [0.717, 1.165) is 25.7 Å². The van der Waals surface area contributed by atoms with Gasteiger partial charge in [0.1, 0.15) is 6.07 Å². The molecule has 23 heavy (non-hydrogen) atoms. The van der Waals surface area contributed by atoms with Crippen LogP contribution in [0.1, 0.15) is 31.2 Å². The predicted octanol–water partition coefficient (Wildman–Crippen LogP) is 2.63. The van der Waals surface area contributed by atoms with Crippen molar-refractivity contribution in [2.45, 2.75) is 31.8 Å². The van der Waals surface area contributed by atoms with E-state index >= 15 is 0 Å². The number of anilines is 1. The largest absolute Gasteiger partial charge is 0.393 e. The van der Waals surface area contributed by atoms with Crippen molar-refractivity contribution in [3.63, 3.8) is 0 Å². The van der Waals surface area contributed by atoms with Gasteiger partial charge in [0.15, 0.2) is 0 Å². The fourth-order valence-corrected chi connectivity index (χ4v) is 3.19. The summed E-state index contributed by atoms with van der Waals surface area (Å²) in [6.07, 6.45) is 3.79. The van der Waals surface area contributed by atoms with Crippen molar-refractivity contribution in [1.82, 2.24) is 4.90 Å². The van der Waals surface area contributed by atoms with E-state index in [1.165, 1.54) is 0 Å². The number of likely N-dealkylation sites (N-methyl/N-ethyl adjacent to an activating group) is 1. The summed E-state index contributed by atoms with van der Waals surface area (Å²) in [7, 11) is 1.87. The van der Waals surface area contributed by atoms with Crippen LogP contribution in [0.5, 0.6) is 0 Å². The summed E-state index contributed by atoms with van der Waals surface area (Å²) >= 11 is 5.91. The highest BCUT2D eigenvalue weighted by Gasteiger charge is 2.24. The first-order chi connectivity index (χ1) is 11.0. The molecule has 2 atom stereocenters. The second-order valence-electron chi connectivity index (χ2n) is 6.16. The van der Waals surface area contributed by atoms with Gasteiger partial charge in [-0.15, -0.1) is 0 Å². The number of nitriles is 1. The number of halogens is 1. The molecule has 124 valence electrons. The van der Waals surface area contributed by atoms with Gasteiger partial charge in [0.25, 0.3) is 0 Å². The monoisotopic (exact) mass is 335 g/mol. The van der Waals surface area contributed by atoms with E-state index < -0.39 is 0 Å². The van der Waals surface area contributed by atoms with Crippen LogP contribution in [0.2, 0.25) is 5.02 Å². The highest BCUT2D eigenvalue weighted by Crippen LogP contribution is 2.25. The van der Waals surface area contributed by atoms with E-state index in [1.807, 2.05) is 18.0 Å². The molecule has 1 saturated carbocycles. The molecule has 6 heteroatoms. The Balaban J connectivity index is 1.89. The number of carbonyl (C=O) groups is 1. The SMILES string of the molecule is CN(CC(=O)Nc1cc(Cl)ccc1C#N)CC1CCCCC1O. The predicted molar refractivity (Wildman–Crippen MR) is 90.3 cm³/mol. The number of amides is 1. The normalized spacial score (nSPS) is 21.0. The fourth-order valence-electron chi connectivity index (χ4n) is 3.02. The van der Waals surface area contributed by atoms with Crippen molar-refractivity contribution >= 4 is 23.2 Å². The highest BCUT2D eigenvalue weighted by atomic mass is 35.5. The second kappa shape index (κ2) is 8.30. The third kappa shape index (κ3) is 5.21. The van der Waals surface area contributed by atoms with Gasteiger partial charge < -0.3 is 10.4 Å². The van der Waals surface area contributed by atoms with Crippen LogP contribution in [-0.2, 0) is 4.79 Å². The van der Waals surface area contributed by atoms with Crippen molar-refractivity contribution in [2.24, 2.45) is 5.92 Å².